The lowest BCUT2D eigenvalue weighted by Crippen LogP contribution is -2.07. The normalized spacial score (nSPS) is 11.9. The van der Waals surface area contributed by atoms with E-state index in [1.165, 1.54) is 16.8 Å². The predicted octanol–water partition coefficient (Wildman–Crippen LogP) is 8.20. The molecule has 0 saturated carbocycles. The van der Waals surface area contributed by atoms with Crippen LogP contribution in [-0.4, -0.2) is 4.98 Å². The number of hydrogen-bond donors (Lipinski definition) is 1. The zero-order chi connectivity index (χ0) is 22.5. The smallest absolute Gasteiger partial charge is 0.221 e. The molecule has 0 unspecified atom stereocenters. The Labute approximate surface area is 190 Å². The monoisotopic (exact) mass is 422 g/mol. The van der Waals surface area contributed by atoms with Crippen LogP contribution in [0.4, 0.5) is 5.69 Å². The van der Waals surface area contributed by atoms with E-state index in [2.05, 4.69) is 63.3 Å². The van der Waals surface area contributed by atoms with Crippen molar-refractivity contribution in [3.8, 4) is 11.3 Å². The summed E-state index contributed by atoms with van der Waals surface area (Å²) in [4.78, 5) is 4.72. The van der Waals surface area contributed by atoms with E-state index in [0.717, 1.165) is 22.5 Å². The van der Waals surface area contributed by atoms with Gasteiger partial charge < -0.3 is 9.73 Å². The van der Waals surface area contributed by atoms with Crippen LogP contribution in [0.25, 0.3) is 23.0 Å². The summed E-state index contributed by atoms with van der Waals surface area (Å²) >= 11 is 0. The third-order valence-electron chi connectivity index (χ3n) is 5.58. The Morgan fingerprint density at radius 2 is 1.38 bits per heavy atom. The van der Waals surface area contributed by atoms with Gasteiger partial charge in [-0.25, -0.2) is 4.98 Å². The van der Waals surface area contributed by atoms with E-state index >= 15 is 0 Å². The zero-order valence-electron chi connectivity index (χ0n) is 19.2. The number of aromatic nitrogens is 1. The maximum Gasteiger partial charge on any atom is 0.221 e. The number of rotatable bonds is 7. The molecule has 0 aliphatic carbocycles. The standard InChI is InChI=1S/C29H30N2O/c1-20(2)24-16-11-17-25(21(3)4)29(24)31-26(22-12-7-5-8-13-22)18-28-30-27(19-32-28)23-14-9-6-10-15-23/h5-21,31H,1-4H3. The van der Waals surface area contributed by atoms with Gasteiger partial charge in [0, 0.05) is 17.3 Å². The minimum Gasteiger partial charge on any atom is -0.444 e. The van der Waals surface area contributed by atoms with Gasteiger partial charge in [-0.15, -0.1) is 0 Å². The second kappa shape index (κ2) is 9.69. The van der Waals surface area contributed by atoms with Crippen molar-refractivity contribution in [3.05, 3.63) is 108 Å². The van der Waals surface area contributed by atoms with Crippen molar-refractivity contribution in [1.29, 1.82) is 0 Å². The number of hydrogen-bond acceptors (Lipinski definition) is 3. The molecule has 3 nitrogen and oxygen atoms in total. The summed E-state index contributed by atoms with van der Waals surface area (Å²) in [7, 11) is 0. The van der Waals surface area contributed by atoms with Crippen molar-refractivity contribution in [2.24, 2.45) is 0 Å². The van der Waals surface area contributed by atoms with Crippen LogP contribution in [0.2, 0.25) is 0 Å². The van der Waals surface area contributed by atoms with Crippen molar-refractivity contribution in [2.75, 3.05) is 5.32 Å². The lowest BCUT2D eigenvalue weighted by atomic mass is 9.92. The van der Waals surface area contributed by atoms with E-state index < -0.39 is 0 Å². The molecule has 0 amide bonds. The molecule has 0 bridgehead atoms. The number of anilines is 1. The van der Waals surface area contributed by atoms with Crippen molar-refractivity contribution >= 4 is 17.5 Å². The molecule has 1 aromatic heterocycles. The van der Waals surface area contributed by atoms with Crippen molar-refractivity contribution in [1.82, 2.24) is 4.98 Å². The fraction of sp³-hybridized carbons (Fsp3) is 0.207. The minimum atomic E-state index is 0.402. The first-order valence-electron chi connectivity index (χ1n) is 11.2. The fourth-order valence-corrected chi connectivity index (χ4v) is 3.86. The molecule has 1 N–H and O–H groups in total. The molecule has 0 aliphatic rings. The van der Waals surface area contributed by atoms with Crippen LogP contribution in [0.15, 0.2) is 89.5 Å². The first-order valence-corrected chi connectivity index (χ1v) is 11.2. The molecule has 0 atom stereocenters. The number of para-hydroxylation sites is 1. The van der Waals surface area contributed by atoms with Gasteiger partial charge in [-0.2, -0.15) is 0 Å². The fourth-order valence-electron chi connectivity index (χ4n) is 3.86. The topological polar surface area (TPSA) is 38.1 Å². The quantitative estimate of drug-likeness (QED) is 0.326. The number of oxazole rings is 1. The minimum absolute atomic E-state index is 0.402. The molecular formula is C29H30N2O. The summed E-state index contributed by atoms with van der Waals surface area (Å²) < 4.78 is 5.84. The van der Waals surface area contributed by atoms with Crippen LogP contribution in [-0.2, 0) is 0 Å². The third kappa shape index (κ3) is 4.83. The average molecular weight is 423 g/mol. The van der Waals surface area contributed by atoms with Gasteiger partial charge in [-0.1, -0.05) is 107 Å². The number of nitrogens with one attached hydrogen (secondary N) is 1. The summed E-state index contributed by atoms with van der Waals surface area (Å²) in [5.74, 6) is 1.38. The molecule has 1 heterocycles. The Morgan fingerprint density at radius 1 is 0.781 bits per heavy atom. The second-order valence-corrected chi connectivity index (χ2v) is 8.61. The maximum atomic E-state index is 5.84. The summed E-state index contributed by atoms with van der Waals surface area (Å²) in [6.07, 6.45) is 3.70. The molecular weight excluding hydrogens is 392 g/mol. The van der Waals surface area contributed by atoms with Gasteiger partial charge >= 0.3 is 0 Å². The van der Waals surface area contributed by atoms with Crippen molar-refractivity contribution in [3.63, 3.8) is 0 Å². The van der Waals surface area contributed by atoms with E-state index in [0.29, 0.717) is 17.7 Å². The van der Waals surface area contributed by atoms with Crippen LogP contribution in [0.1, 0.15) is 62.1 Å². The molecule has 0 spiro atoms. The molecule has 0 radical (unpaired) electrons. The average Bonchev–Trinajstić information content (AvgIpc) is 3.28. The Hall–Kier alpha value is -3.59. The predicted molar refractivity (Wildman–Crippen MR) is 134 cm³/mol. The highest BCUT2D eigenvalue weighted by atomic mass is 16.3. The Morgan fingerprint density at radius 3 is 1.97 bits per heavy atom. The van der Waals surface area contributed by atoms with Crippen molar-refractivity contribution < 1.29 is 4.42 Å². The third-order valence-corrected chi connectivity index (χ3v) is 5.58. The van der Waals surface area contributed by atoms with Crippen LogP contribution < -0.4 is 5.32 Å². The van der Waals surface area contributed by atoms with E-state index in [-0.39, 0.29) is 0 Å². The number of benzene rings is 3. The lowest BCUT2D eigenvalue weighted by Gasteiger charge is -2.22. The molecule has 4 rings (SSSR count). The van der Waals surface area contributed by atoms with Gasteiger partial charge in [-0.3, -0.25) is 0 Å². The second-order valence-electron chi connectivity index (χ2n) is 8.61. The first-order chi connectivity index (χ1) is 15.5. The SMILES string of the molecule is CC(C)c1cccc(C(C)C)c1NC(=Cc1nc(-c2ccccc2)co1)c1ccccc1. The molecule has 3 heteroatoms. The summed E-state index contributed by atoms with van der Waals surface area (Å²) in [6.45, 7) is 8.93. The summed E-state index contributed by atoms with van der Waals surface area (Å²) in [6, 6.07) is 27.0. The molecule has 162 valence electrons. The molecule has 3 aromatic carbocycles. The van der Waals surface area contributed by atoms with Crippen LogP contribution in [0.3, 0.4) is 0 Å². The Bertz CT molecular complexity index is 1160. The van der Waals surface area contributed by atoms with Crippen LogP contribution in [0.5, 0.6) is 0 Å². The maximum absolute atomic E-state index is 5.84. The molecule has 0 aliphatic heterocycles. The zero-order valence-corrected chi connectivity index (χ0v) is 19.2. The lowest BCUT2D eigenvalue weighted by molar-refractivity contribution is 0.547. The Balaban J connectivity index is 1.78. The highest BCUT2D eigenvalue weighted by Gasteiger charge is 2.16. The van der Waals surface area contributed by atoms with E-state index in [9.17, 15) is 0 Å². The van der Waals surface area contributed by atoms with E-state index in [1.54, 1.807) is 6.26 Å². The van der Waals surface area contributed by atoms with Gasteiger partial charge in [-0.05, 0) is 28.5 Å². The molecule has 32 heavy (non-hydrogen) atoms. The van der Waals surface area contributed by atoms with Crippen molar-refractivity contribution in [2.45, 2.75) is 39.5 Å². The summed E-state index contributed by atoms with van der Waals surface area (Å²) in [5, 5.41) is 3.75. The summed E-state index contributed by atoms with van der Waals surface area (Å²) in [5.41, 5.74) is 7.68. The highest BCUT2D eigenvalue weighted by Crippen LogP contribution is 2.35. The highest BCUT2D eigenvalue weighted by molar-refractivity contribution is 5.89. The van der Waals surface area contributed by atoms with Gasteiger partial charge in [0.2, 0.25) is 5.89 Å². The Kier molecular flexibility index (Phi) is 6.55. The first kappa shape index (κ1) is 21.6. The largest absolute Gasteiger partial charge is 0.444 e. The number of nitrogens with zero attached hydrogens (tertiary/aromatic N) is 1. The van der Waals surface area contributed by atoms with Crippen LogP contribution >= 0.6 is 0 Å². The van der Waals surface area contributed by atoms with E-state index in [1.807, 2.05) is 54.6 Å². The van der Waals surface area contributed by atoms with Gasteiger partial charge in [0.15, 0.2) is 0 Å². The van der Waals surface area contributed by atoms with E-state index in [4.69, 9.17) is 9.40 Å². The van der Waals surface area contributed by atoms with Gasteiger partial charge in [0.05, 0.1) is 5.70 Å². The van der Waals surface area contributed by atoms with Gasteiger partial charge in [0.1, 0.15) is 12.0 Å². The molecule has 0 fully saturated rings. The van der Waals surface area contributed by atoms with Gasteiger partial charge in [0.25, 0.3) is 0 Å². The molecule has 0 saturated heterocycles. The van der Waals surface area contributed by atoms with Crippen LogP contribution in [0, 0.1) is 0 Å². The molecule has 4 aromatic rings.